The SMILES string of the molecule is CC1(C)COC(CC2(C#N)CC=CC2)OC1. The third-order valence-electron chi connectivity index (χ3n) is 3.30. The van der Waals surface area contributed by atoms with Gasteiger partial charge in [-0.2, -0.15) is 5.26 Å². The van der Waals surface area contributed by atoms with Gasteiger partial charge in [0.25, 0.3) is 0 Å². The van der Waals surface area contributed by atoms with E-state index in [0.717, 1.165) is 12.8 Å². The molecule has 2 aliphatic rings. The maximum absolute atomic E-state index is 9.25. The van der Waals surface area contributed by atoms with Gasteiger partial charge in [0, 0.05) is 11.8 Å². The first-order chi connectivity index (χ1) is 7.55. The van der Waals surface area contributed by atoms with E-state index in [1.54, 1.807) is 0 Å². The summed E-state index contributed by atoms with van der Waals surface area (Å²) in [6.07, 6.45) is 6.30. The third kappa shape index (κ3) is 2.45. The lowest BCUT2D eigenvalue weighted by atomic mass is 9.83. The summed E-state index contributed by atoms with van der Waals surface area (Å²) in [5.74, 6) is 0. The van der Waals surface area contributed by atoms with Gasteiger partial charge in [-0.15, -0.1) is 0 Å². The molecule has 0 spiro atoms. The first kappa shape index (κ1) is 11.6. The first-order valence-corrected chi connectivity index (χ1v) is 5.85. The average molecular weight is 221 g/mol. The van der Waals surface area contributed by atoms with E-state index in [2.05, 4.69) is 32.1 Å². The molecule has 0 aromatic carbocycles. The van der Waals surface area contributed by atoms with E-state index in [1.165, 1.54) is 0 Å². The number of nitriles is 1. The number of hydrogen-bond donors (Lipinski definition) is 0. The summed E-state index contributed by atoms with van der Waals surface area (Å²) in [5.41, 5.74) is -0.184. The van der Waals surface area contributed by atoms with Gasteiger partial charge in [-0.3, -0.25) is 0 Å². The Bertz CT molecular complexity index is 309. The third-order valence-corrected chi connectivity index (χ3v) is 3.30. The van der Waals surface area contributed by atoms with Crippen molar-refractivity contribution in [3.63, 3.8) is 0 Å². The minimum absolute atomic E-state index is 0.101. The van der Waals surface area contributed by atoms with Gasteiger partial charge < -0.3 is 9.47 Å². The first-order valence-electron chi connectivity index (χ1n) is 5.85. The predicted octanol–water partition coefficient (Wildman–Crippen LogP) is 2.64. The molecule has 0 atom stereocenters. The molecule has 0 saturated carbocycles. The summed E-state index contributed by atoms with van der Waals surface area (Å²) < 4.78 is 11.4. The molecule has 0 aromatic heterocycles. The molecular weight excluding hydrogens is 202 g/mol. The molecule has 3 heteroatoms. The molecule has 0 unspecified atom stereocenters. The van der Waals surface area contributed by atoms with Crippen LogP contribution in [-0.4, -0.2) is 19.5 Å². The summed E-state index contributed by atoms with van der Waals surface area (Å²) in [7, 11) is 0. The van der Waals surface area contributed by atoms with Crippen LogP contribution in [0.5, 0.6) is 0 Å². The number of nitrogens with zero attached hydrogens (tertiary/aromatic N) is 1. The Balaban J connectivity index is 1.89. The molecular formula is C13H19NO2. The number of rotatable bonds is 2. The zero-order valence-electron chi connectivity index (χ0n) is 10.0. The lowest BCUT2D eigenvalue weighted by Gasteiger charge is -2.37. The van der Waals surface area contributed by atoms with Gasteiger partial charge in [-0.1, -0.05) is 26.0 Å². The molecule has 1 aliphatic carbocycles. The molecule has 1 saturated heterocycles. The number of ether oxygens (including phenoxy) is 2. The second-order valence-electron chi connectivity index (χ2n) is 5.69. The smallest absolute Gasteiger partial charge is 0.159 e. The average Bonchev–Trinajstić information content (AvgIpc) is 2.71. The zero-order chi connectivity index (χ0) is 11.6. The largest absolute Gasteiger partial charge is 0.352 e. The standard InChI is InChI=1S/C13H19NO2/c1-12(2)9-15-11(16-10-12)7-13(8-14)5-3-4-6-13/h3-4,11H,5-7,9-10H2,1-2H3. The minimum atomic E-state index is -0.286. The van der Waals surface area contributed by atoms with Crippen molar-refractivity contribution >= 4 is 0 Å². The Morgan fingerprint density at radius 2 is 1.81 bits per heavy atom. The van der Waals surface area contributed by atoms with Crippen LogP contribution in [0.15, 0.2) is 12.2 Å². The summed E-state index contributed by atoms with van der Waals surface area (Å²) in [5, 5.41) is 9.25. The van der Waals surface area contributed by atoms with Crippen LogP contribution in [0, 0.1) is 22.2 Å². The Kier molecular flexibility index (Phi) is 3.05. The zero-order valence-corrected chi connectivity index (χ0v) is 10.0. The van der Waals surface area contributed by atoms with Gasteiger partial charge in [0.1, 0.15) is 0 Å². The molecule has 1 heterocycles. The van der Waals surface area contributed by atoms with Gasteiger partial charge in [-0.25, -0.2) is 0 Å². The van der Waals surface area contributed by atoms with Crippen molar-refractivity contribution in [2.45, 2.75) is 39.4 Å². The maximum atomic E-state index is 9.25. The van der Waals surface area contributed by atoms with Crippen LogP contribution in [0.1, 0.15) is 33.1 Å². The van der Waals surface area contributed by atoms with Gasteiger partial charge in [0.05, 0.1) is 24.7 Å². The lowest BCUT2D eigenvalue weighted by Crippen LogP contribution is -2.40. The molecule has 0 bridgehead atoms. The van der Waals surface area contributed by atoms with Crippen LogP contribution in [0.25, 0.3) is 0 Å². The predicted molar refractivity (Wildman–Crippen MR) is 60.5 cm³/mol. The molecule has 1 fully saturated rings. The van der Waals surface area contributed by atoms with E-state index in [4.69, 9.17) is 9.47 Å². The van der Waals surface area contributed by atoms with E-state index in [0.29, 0.717) is 19.6 Å². The highest BCUT2D eigenvalue weighted by Crippen LogP contribution is 2.39. The molecule has 0 amide bonds. The fourth-order valence-electron chi connectivity index (χ4n) is 2.17. The lowest BCUT2D eigenvalue weighted by molar-refractivity contribution is -0.230. The highest BCUT2D eigenvalue weighted by Gasteiger charge is 2.37. The van der Waals surface area contributed by atoms with Crippen LogP contribution >= 0.6 is 0 Å². The topological polar surface area (TPSA) is 42.2 Å². The van der Waals surface area contributed by atoms with Crippen LogP contribution in [0.2, 0.25) is 0 Å². The van der Waals surface area contributed by atoms with E-state index in [9.17, 15) is 5.26 Å². The van der Waals surface area contributed by atoms with Crippen molar-refractivity contribution < 1.29 is 9.47 Å². The van der Waals surface area contributed by atoms with Gasteiger partial charge in [0.2, 0.25) is 0 Å². The second kappa shape index (κ2) is 4.20. The van der Waals surface area contributed by atoms with Crippen LogP contribution in [0.4, 0.5) is 0 Å². The molecule has 3 nitrogen and oxygen atoms in total. The van der Waals surface area contributed by atoms with Crippen molar-refractivity contribution in [2.75, 3.05) is 13.2 Å². The molecule has 0 aromatic rings. The van der Waals surface area contributed by atoms with E-state index in [-0.39, 0.29) is 17.1 Å². The Morgan fingerprint density at radius 3 is 2.31 bits per heavy atom. The summed E-state index contributed by atoms with van der Waals surface area (Å²) >= 11 is 0. The summed E-state index contributed by atoms with van der Waals surface area (Å²) in [6.45, 7) is 5.68. The molecule has 2 rings (SSSR count). The molecule has 0 N–H and O–H groups in total. The Labute approximate surface area is 97.0 Å². The summed E-state index contributed by atoms with van der Waals surface area (Å²) in [6, 6.07) is 2.42. The van der Waals surface area contributed by atoms with Gasteiger partial charge in [-0.05, 0) is 12.8 Å². The normalized spacial score (nSPS) is 27.8. The van der Waals surface area contributed by atoms with Crippen LogP contribution < -0.4 is 0 Å². The van der Waals surface area contributed by atoms with E-state index < -0.39 is 0 Å². The maximum Gasteiger partial charge on any atom is 0.159 e. The van der Waals surface area contributed by atoms with Crippen molar-refractivity contribution in [1.82, 2.24) is 0 Å². The minimum Gasteiger partial charge on any atom is -0.352 e. The van der Waals surface area contributed by atoms with E-state index in [1.807, 2.05) is 0 Å². The quantitative estimate of drug-likeness (QED) is 0.673. The van der Waals surface area contributed by atoms with Crippen molar-refractivity contribution in [3.05, 3.63) is 12.2 Å². The number of hydrogen-bond acceptors (Lipinski definition) is 3. The van der Waals surface area contributed by atoms with E-state index >= 15 is 0 Å². The fourth-order valence-corrected chi connectivity index (χ4v) is 2.17. The van der Waals surface area contributed by atoms with Crippen molar-refractivity contribution in [1.29, 1.82) is 5.26 Å². The van der Waals surface area contributed by atoms with Crippen molar-refractivity contribution in [3.8, 4) is 6.07 Å². The number of allylic oxidation sites excluding steroid dienone is 2. The molecule has 88 valence electrons. The highest BCUT2D eigenvalue weighted by atomic mass is 16.7. The molecule has 1 aliphatic heterocycles. The Morgan fingerprint density at radius 1 is 1.25 bits per heavy atom. The Hall–Kier alpha value is -0.850. The molecule has 16 heavy (non-hydrogen) atoms. The summed E-state index contributed by atoms with van der Waals surface area (Å²) in [4.78, 5) is 0. The van der Waals surface area contributed by atoms with Gasteiger partial charge in [0.15, 0.2) is 6.29 Å². The fraction of sp³-hybridized carbons (Fsp3) is 0.769. The van der Waals surface area contributed by atoms with Gasteiger partial charge >= 0.3 is 0 Å². The molecule has 0 radical (unpaired) electrons. The monoisotopic (exact) mass is 221 g/mol. The second-order valence-corrected chi connectivity index (χ2v) is 5.69. The van der Waals surface area contributed by atoms with Crippen LogP contribution in [0.3, 0.4) is 0 Å². The van der Waals surface area contributed by atoms with Crippen LogP contribution in [-0.2, 0) is 9.47 Å². The van der Waals surface area contributed by atoms with Crippen molar-refractivity contribution in [2.24, 2.45) is 10.8 Å². The highest BCUT2D eigenvalue weighted by molar-refractivity contribution is 5.13.